The molecule has 4 nitrogen and oxygen atoms in total. The van der Waals surface area contributed by atoms with Crippen molar-refractivity contribution in [2.24, 2.45) is 0 Å². The van der Waals surface area contributed by atoms with Crippen LogP contribution < -0.4 is 9.47 Å². The van der Waals surface area contributed by atoms with Crippen LogP contribution in [0.4, 0.5) is 0 Å². The predicted molar refractivity (Wildman–Crippen MR) is 98.2 cm³/mol. The lowest BCUT2D eigenvalue weighted by atomic mass is 10.0. The standard InChI is InChI=1S/C21H16N2O2/c1-2-9-23-13-17(18-5-3-4-6-19(18)23)10-16(12-22)15-7-8-20-21(11-15)25-14-24-20/h2-8,10-11,13H,1,9,14H2/b16-10-. The smallest absolute Gasteiger partial charge is 0.231 e. The van der Waals surface area contributed by atoms with Crippen LogP contribution in [0.3, 0.4) is 0 Å². The van der Waals surface area contributed by atoms with E-state index in [-0.39, 0.29) is 6.79 Å². The Labute approximate surface area is 145 Å². The molecule has 122 valence electrons. The Balaban J connectivity index is 1.82. The highest BCUT2D eigenvalue weighted by Gasteiger charge is 2.15. The van der Waals surface area contributed by atoms with Gasteiger partial charge >= 0.3 is 0 Å². The Hall–Kier alpha value is -3.45. The first-order valence-electron chi connectivity index (χ1n) is 8.01. The number of ether oxygens (including phenoxy) is 2. The molecule has 0 bridgehead atoms. The van der Waals surface area contributed by atoms with Crippen LogP contribution in [0.1, 0.15) is 11.1 Å². The number of hydrogen-bond donors (Lipinski definition) is 0. The van der Waals surface area contributed by atoms with Gasteiger partial charge < -0.3 is 14.0 Å². The highest BCUT2D eigenvalue weighted by atomic mass is 16.7. The number of hydrogen-bond acceptors (Lipinski definition) is 3. The molecule has 25 heavy (non-hydrogen) atoms. The van der Waals surface area contributed by atoms with Gasteiger partial charge in [0.15, 0.2) is 11.5 Å². The summed E-state index contributed by atoms with van der Waals surface area (Å²) in [4.78, 5) is 0. The molecule has 3 aromatic rings. The maximum Gasteiger partial charge on any atom is 0.231 e. The summed E-state index contributed by atoms with van der Waals surface area (Å²) >= 11 is 0. The summed E-state index contributed by atoms with van der Waals surface area (Å²) < 4.78 is 12.9. The van der Waals surface area contributed by atoms with Crippen molar-refractivity contribution in [3.05, 3.63) is 72.4 Å². The Kier molecular flexibility index (Phi) is 3.75. The summed E-state index contributed by atoms with van der Waals surface area (Å²) in [6.07, 6.45) is 5.83. The van der Waals surface area contributed by atoms with Gasteiger partial charge in [0.25, 0.3) is 0 Å². The first kappa shape index (κ1) is 15.1. The van der Waals surface area contributed by atoms with Gasteiger partial charge in [-0.2, -0.15) is 5.26 Å². The van der Waals surface area contributed by atoms with Gasteiger partial charge in [0, 0.05) is 29.2 Å². The zero-order valence-corrected chi connectivity index (χ0v) is 13.6. The van der Waals surface area contributed by atoms with E-state index < -0.39 is 0 Å². The SMILES string of the molecule is C=CCn1cc(/C=C(/C#N)c2ccc3c(c2)OCO3)c2ccccc21. The molecule has 1 aliphatic rings. The van der Waals surface area contributed by atoms with E-state index in [4.69, 9.17) is 9.47 Å². The maximum atomic E-state index is 9.66. The van der Waals surface area contributed by atoms with E-state index in [1.165, 1.54) is 0 Å². The molecule has 0 N–H and O–H groups in total. The zero-order chi connectivity index (χ0) is 17.2. The van der Waals surface area contributed by atoms with Gasteiger partial charge in [0.1, 0.15) is 0 Å². The van der Waals surface area contributed by atoms with Crippen molar-refractivity contribution >= 4 is 22.6 Å². The topological polar surface area (TPSA) is 47.2 Å². The van der Waals surface area contributed by atoms with Crippen molar-refractivity contribution in [3.8, 4) is 17.6 Å². The number of nitriles is 1. The zero-order valence-electron chi connectivity index (χ0n) is 13.6. The molecule has 0 amide bonds. The molecule has 1 aromatic heterocycles. The van der Waals surface area contributed by atoms with Crippen molar-refractivity contribution in [2.45, 2.75) is 6.54 Å². The Morgan fingerprint density at radius 2 is 2.04 bits per heavy atom. The minimum absolute atomic E-state index is 0.222. The summed E-state index contributed by atoms with van der Waals surface area (Å²) in [5.41, 5.74) is 3.52. The van der Waals surface area contributed by atoms with Crippen LogP contribution >= 0.6 is 0 Å². The monoisotopic (exact) mass is 328 g/mol. The molecule has 0 atom stereocenters. The molecule has 0 unspecified atom stereocenters. The fraction of sp³-hybridized carbons (Fsp3) is 0.0952. The van der Waals surface area contributed by atoms with E-state index in [2.05, 4.69) is 35.5 Å². The van der Waals surface area contributed by atoms with E-state index in [0.717, 1.165) is 28.6 Å². The van der Waals surface area contributed by atoms with Crippen molar-refractivity contribution < 1.29 is 9.47 Å². The number of fused-ring (bicyclic) bond motifs is 2. The normalized spacial score (nSPS) is 13.0. The number of aromatic nitrogens is 1. The fourth-order valence-corrected chi connectivity index (χ4v) is 3.08. The molecule has 4 heteroatoms. The van der Waals surface area contributed by atoms with Crippen LogP contribution in [-0.4, -0.2) is 11.4 Å². The molecule has 4 rings (SSSR count). The lowest BCUT2D eigenvalue weighted by Crippen LogP contribution is -1.92. The lowest BCUT2D eigenvalue weighted by Gasteiger charge is -2.01. The van der Waals surface area contributed by atoms with Crippen LogP contribution in [0, 0.1) is 11.3 Å². The summed E-state index contributed by atoms with van der Waals surface area (Å²) in [5.74, 6) is 1.39. The number of nitrogens with zero attached hydrogens (tertiary/aromatic N) is 2. The average molecular weight is 328 g/mol. The second-order valence-electron chi connectivity index (χ2n) is 5.78. The van der Waals surface area contributed by atoms with E-state index in [1.54, 1.807) is 0 Å². The minimum atomic E-state index is 0.222. The van der Waals surface area contributed by atoms with Crippen LogP contribution in [0.15, 0.2) is 61.3 Å². The van der Waals surface area contributed by atoms with Crippen molar-refractivity contribution in [3.63, 3.8) is 0 Å². The number of allylic oxidation sites excluding steroid dienone is 2. The first-order chi connectivity index (χ1) is 12.3. The molecule has 2 aromatic carbocycles. The fourth-order valence-electron chi connectivity index (χ4n) is 3.08. The van der Waals surface area contributed by atoms with Gasteiger partial charge in [-0.15, -0.1) is 6.58 Å². The second-order valence-corrected chi connectivity index (χ2v) is 5.78. The van der Waals surface area contributed by atoms with E-state index >= 15 is 0 Å². The molecule has 0 radical (unpaired) electrons. The number of benzene rings is 2. The molecule has 0 aliphatic carbocycles. The van der Waals surface area contributed by atoms with Gasteiger partial charge in [-0.3, -0.25) is 0 Å². The van der Waals surface area contributed by atoms with Crippen LogP contribution in [0.5, 0.6) is 11.5 Å². The van der Waals surface area contributed by atoms with Gasteiger partial charge in [-0.25, -0.2) is 0 Å². The maximum absolute atomic E-state index is 9.66. The van der Waals surface area contributed by atoms with Gasteiger partial charge in [-0.1, -0.05) is 24.3 Å². The first-order valence-corrected chi connectivity index (χ1v) is 8.01. The highest BCUT2D eigenvalue weighted by Crippen LogP contribution is 2.35. The summed E-state index contributed by atoms with van der Waals surface area (Å²) in [7, 11) is 0. The minimum Gasteiger partial charge on any atom is -0.454 e. The van der Waals surface area contributed by atoms with E-state index in [1.807, 2.05) is 42.5 Å². The Bertz CT molecular complexity index is 1040. The van der Waals surface area contributed by atoms with Gasteiger partial charge in [0.2, 0.25) is 6.79 Å². The molecule has 1 aliphatic heterocycles. The van der Waals surface area contributed by atoms with Gasteiger partial charge in [-0.05, 0) is 35.9 Å². The van der Waals surface area contributed by atoms with Crippen LogP contribution in [0.2, 0.25) is 0 Å². The summed E-state index contributed by atoms with van der Waals surface area (Å²) in [6, 6.07) is 16.0. The molecule has 0 fully saturated rings. The largest absolute Gasteiger partial charge is 0.454 e. The average Bonchev–Trinajstić information content (AvgIpc) is 3.24. The van der Waals surface area contributed by atoms with E-state index in [0.29, 0.717) is 17.1 Å². The molecule has 0 spiro atoms. The highest BCUT2D eigenvalue weighted by molar-refractivity contribution is 5.98. The van der Waals surface area contributed by atoms with Crippen molar-refractivity contribution in [1.29, 1.82) is 5.26 Å². The quantitative estimate of drug-likeness (QED) is 0.518. The predicted octanol–water partition coefficient (Wildman–Crippen LogP) is 4.62. The third-order valence-electron chi connectivity index (χ3n) is 4.25. The van der Waals surface area contributed by atoms with Crippen molar-refractivity contribution in [2.75, 3.05) is 6.79 Å². The molecular weight excluding hydrogens is 312 g/mol. The number of rotatable bonds is 4. The summed E-state index contributed by atoms with van der Waals surface area (Å²) in [6.45, 7) is 4.76. The van der Waals surface area contributed by atoms with Crippen LogP contribution in [0.25, 0.3) is 22.6 Å². The molecule has 0 saturated carbocycles. The second kappa shape index (κ2) is 6.21. The Morgan fingerprint density at radius 3 is 2.88 bits per heavy atom. The molecule has 2 heterocycles. The van der Waals surface area contributed by atoms with Gasteiger partial charge in [0.05, 0.1) is 11.6 Å². The lowest BCUT2D eigenvalue weighted by molar-refractivity contribution is 0.174. The van der Waals surface area contributed by atoms with Crippen LogP contribution in [-0.2, 0) is 6.54 Å². The van der Waals surface area contributed by atoms with Crippen molar-refractivity contribution in [1.82, 2.24) is 4.57 Å². The number of para-hydroxylation sites is 1. The third-order valence-corrected chi connectivity index (χ3v) is 4.25. The van der Waals surface area contributed by atoms with E-state index in [9.17, 15) is 5.26 Å². The molecular formula is C21H16N2O2. The molecule has 0 saturated heterocycles. The summed E-state index contributed by atoms with van der Waals surface area (Å²) in [5, 5.41) is 10.8. The Morgan fingerprint density at radius 1 is 1.20 bits per heavy atom. The third kappa shape index (κ3) is 2.66.